The Morgan fingerprint density at radius 2 is 2.00 bits per heavy atom. The van der Waals surface area contributed by atoms with E-state index in [4.69, 9.17) is 4.74 Å². The summed E-state index contributed by atoms with van der Waals surface area (Å²) in [4.78, 5) is 0. The summed E-state index contributed by atoms with van der Waals surface area (Å²) in [6.45, 7) is 3.85. The van der Waals surface area contributed by atoms with E-state index in [1.165, 1.54) is 23.4 Å². The molecule has 1 N–H and O–H groups in total. The van der Waals surface area contributed by atoms with E-state index >= 15 is 0 Å². The summed E-state index contributed by atoms with van der Waals surface area (Å²) in [5.41, 5.74) is 0. The van der Waals surface area contributed by atoms with Crippen molar-refractivity contribution in [2.75, 3.05) is 33.0 Å². The molecular formula is C13H28N2O3S. The molecule has 0 saturated heterocycles. The number of rotatable bonds is 8. The Hall–Kier alpha value is -0.170. The van der Waals surface area contributed by atoms with Gasteiger partial charge in [0.15, 0.2) is 0 Å². The number of nitrogens with one attached hydrogen (secondary N) is 1. The van der Waals surface area contributed by atoms with E-state index in [9.17, 15) is 8.42 Å². The van der Waals surface area contributed by atoms with Gasteiger partial charge >= 0.3 is 0 Å². The Morgan fingerprint density at radius 3 is 2.58 bits per heavy atom. The Kier molecular flexibility index (Phi) is 7.28. The SMILES string of the molecule is CCN(CCCNC1CCCCC1OC)S(C)(=O)=O. The van der Waals surface area contributed by atoms with Crippen molar-refractivity contribution in [2.45, 2.75) is 51.2 Å². The van der Waals surface area contributed by atoms with Gasteiger partial charge in [-0.1, -0.05) is 19.8 Å². The van der Waals surface area contributed by atoms with Crippen LogP contribution in [0.2, 0.25) is 0 Å². The van der Waals surface area contributed by atoms with Gasteiger partial charge in [0.25, 0.3) is 0 Å². The minimum Gasteiger partial charge on any atom is -0.380 e. The third-order valence-corrected chi connectivity index (χ3v) is 5.20. The molecule has 114 valence electrons. The molecule has 0 amide bonds. The van der Waals surface area contributed by atoms with E-state index in [1.807, 2.05) is 6.92 Å². The van der Waals surface area contributed by atoms with Gasteiger partial charge in [-0.15, -0.1) is 0 Å². The average Bonchev–Trinajstić information content (AvgIpc) is 2.37. The fourth-order valence-corrected chi connectivity index (χ4v) is 3.64. The lowest BCUT2D eigenvalue weighted by Gasteiger charge is -2.31. The number of hydrogen-bond acceptors (Lipinski definition) is 4. The monoisotopic (exact) mass is 292 g/mol. The van der Waals surface area contributed by atoms with Crippen LogP contribution >= 0.6 is 0 Å². The molecule has 0 aromatic rings. The second kappa shape index (κ2) is 8.19. The van der Waals surface area contributed by atoms with Gasteiger partial charge in [-0.3, -0.25) is 0 Å². The highest BCUT2D eigenvalue weighted by Gasteiger charge is 2.24. The van der Waals surface area contributed by atoms with Crippen molar-refractivity contribution in [1.82, 2.24) is 9.62 Å². The van der Waals surface area contributed by atoms with Crippen LogP contribution in [-0.4, -0.2) is 57.9 Å². The van der Waals surface area contributed by atoms with Gasteiger partial charge in [0, 0.05) is 26.2 Å². The molecule has 0 aliphatic heterocycles. The maximum absolute atomic E-state index is 11.4. The summed E-state index contributed by atoms with van der Waals surface area (Å²) in [6.07, 6.45) is 7.20. The maximum Gasteiger partial charge on any atom is 0.211 e. The Morgan fingerprint density at radius 1 is 1.32 bits per heavy atom. The van der Waals surface area contributed by atoms with Crippen molar-refractivity contribution in [1.29, 1.82) is 0 Å². The van der Waals surface area contributed by atoms with Crippen LogP contribution in [-0.2, 0) is 14.8 Å². The van der Waals surface area contributed by atoms with Crippen molar-refractivity contribution in [3.63, 3.8) is 0 Å². The molecule has 0 aromatic heterocycles. The van der Waals surface area contributed by atoms with E-state index < -0.39 is 10.0 Å². The Labute approximate surface area is 117 Å². The van der Waals surface area contributed by atoms with Gasteiger partial charge in [0.05, 0.1) is 12.4 Å². The summed E-state index contributed by atoms with van der Waals surface area (Å²) < 4.78 is 29.9. The van der Waals surface area contributed by atoms with E-state index in [-0.39, 0.29) is 0 Å². The lowest BCUT2D eigenvalue weighted by molar-refractivity contribution is 0.0418. The Balaban J connectivity index is 2.26. The molecule has 2 atom stereocenters. The van der Waals surface area contributed by atoms with Crippen LogP contribution in [0.15, 0.2) is 0 Å². The van der Waals surface area contributed by atoms with Crippen LogP contribution < -0.4 is 5.32 Å². The summed E-state index contributed by atoms with van der Waals surface area (Å²) in [6, 6.07) is 0.423. The van der Waals surface area contributed by atoms with Crippen LogP contribution in [0.1, 0.15) is 39.0 Å². The number of ether oxygens (including phenoxy) is 1. The van der Waals surface area contributed by atoms with Crippen molar-refractivity contribution < 1.29 is 13.2 Å². The zero-order valence-corrected chi connectivity index (χ0v) is 13.2. The van der Waals surface area contributed by atoms with E-state index in [0.717, 1.165) is 25.8 Å². The van der Waals surface area contributed by atoms with Crippen molar-refractivity contribution in [2.24, 2.45) is 0 Å². The second-order valence-electron chi connectivity index (χ2n) is 5.23. The molecule has 6 heteroatoms. The third kappa shape index (κ3) is 5.77. The highest BCUT2D eigenvalue weighted by atomic mass is 32.2. The summed E-state index contributed by atoms with van der Waals surface area (Å²) in [7, 11) is -1.28. The fraction of sp³-hybridized carbons (Fsp3) is 1.00. The maximum atomic E-state index is 11.4. The normalized spacial score (nSPS) is 24.8. The minimum absolute atomic E-state index is 0.311. The zero-order chi connectivity index (χ0) is 14.3. The predicted molar refractivity (Wildman–Crippen MR) is 77.8 cm³/mol. The first-order valence-corrected chi connectivity index (χ1v) is 9.05. The molecule has 1 aliphatic carbocycles. The third-order valence-electron chi connectivity index (χ3n) is 3.82. The molecular weight excluding hydrogens is 264 g/mol. The molecule has 19 heavy (non-hydrogen) atoms. The summed E-state index contributed by atoms with van der Waals surface area (Å²) in [5.74, 6) is 0. The molecule has 1 aliphatic rings. The van der Waals surface area contributed by atoms with Gasteiger partial charge in [-0.05, 0) is 25.8 Å². The standard InChI is InChI=1S/C13H28N2O3S/c1-4-15(19(3,16)17)11-7-10-14-12-8-5-6-9-13(12)18-2/h12-14H,4-11H2,1-3H3. The van der Waals surface area contributed by atoms with Gasteiger partial charge in [-0.25, -0.2) is 12.7 Å². The lowest BCUT2D eigenvalue weighted by atomic mass is 9.92. The van der Waals surface area contributed by atoms with Crippen molar-refractivity contribution in [3.8, 4) is 0 Å². The first-order chi connectivity index (χ1) is 8.99. The van der Waals surface area contributed by atoms with Gasteiger partial charge in [0.1, 0.15) is 0 Å². The van der Waals surface area contributed by atoms with Crippen LogP contribution in [0.4, 0.5) is 0 Å². The Bertz CT molecular complexity index is 346. The molecule has 0 heterocycles. The highest BCUT2D eigenvalue weighted by molar-refractivity contribution is 7.88. The lowest BCUT2D eigenvalue weighted by Crippen LogP contribution is -2.44. The summed E-state index contributed by atoms with van der Waals surface area (Å²) in [5, 5.41) is 3.51. The van der Waals surface area contributed by atoms with Crippen LogP contribution in [0, 0.1) is 0 Å². The van der Waals surface area contributed by atoms with Crippen LogP contribution in [0.25, 0.3) is 0 Å². The largest absolute Gasteiger partial charge is 0.380 e. The second-order valence-corrected chi connectivity index (χ2v) is 7.21. The average molecular weight is 292 g/mol. The molecule has 1 saturated carbocycles. The fourth-order valence-electron chi connectivity index (χ4n) is 2.71. The summed E-state index contributed by atoms with van der Waals surface area (Å²) >= 11 is 0. The molecule has 1 fully saturated rings. The quantitative estimate of drug-likeness (QED) is 0.683. The van der Waals surface area contributed by atoms with Gasteiger partial charge in [-0.2, -0.15) is 0 Å². The van der Waals surface area contributed by atoms with E-state index in [0.29, 0.717) is 25.2 Å². The zero-order valence-electron chi connectivity index (χ0n) is 12.4. The van der Waals surface area contributed by atoms with Crippen LogP contribution in [0.3, 0.4) is 0 Å². The van der Waals surface area contributed by atoms with Crippen molar-refractivity contribution >= 4 is 10.0 Å². The molecule has 5 nitrogen and oxygen atoms in total. The number of hydrogen-bond donors (Lipinski definition) is 1. The smallest absolute Gasteiger partial charge is 0.211 e. The first-order valence-electron chi connectivity index (χ1n) is 7.20. The van der Waals surface area contributed by atoms with Gasteiger partial charge < -0.3 is 10.1 Å². The molecule has 0 radical (unpaired) electrons. The van der Waals surface area contributed by atoms with Crippen LogP contribution in [0.5, 0.6) is 0 Å². The number of sulfonamides is 1. The topological polar surface area (TPSA) is 58.6 Å². The first kappa shape index (κ1) is 16.9. The molecule has 1 rings (SSSR count). The molecule has 0 bridgehead atoms. The number of methoxy groups -OCH3 is 1. The van der Waals surface area contributed by atoms with E-state index in [2.05, 4.69) is 5.32 Å². The molecule has 0 aromatic carbocycles. The van der Waals surface area contributed by atoms with E-state index in [1.54, 1.807) is 7.11 Å². The number of nitrogens with zero attached hydrogens (tertiary/aromatic N) is 1. The molecule has 2 unspecified atom stereocenters. The predicted octanol–water partition coefficient (Wildman–Crippen LogP) is 1.21. The van der Waals surface area contributed by atoms with Gasteiger partial charge in [0.2, 0.25) is 10.0 Å². The van der Waals surface area contributed by atoms with Crippen molar-refractivity contribution in [3.05, 3.63) is 0 Å². The minimum atomic E-state index is -3.05. The molecule has 0 spiro atoms. The highest BCUT2D eigenvalue weighted by Crippen LogP contribution is 2.20.